The molecule has 50 valence electrons. The summed E-state index contributed by atoms with van der Waals surface area (Å²) in [6.45, 7) is 0. The molecule has 1 aliphatic rings. The minimum absolute atomic E-state index is 0.0917. The first-order valence-electron chi connectivity index (χ1n) is 2.73. The van der Waals surface area contributed by atoms with E-state index in [2.05, 4.69) is 0 Å². The Morgan fingerprint density at radius 2 is 2.30 bits per heavy atom. The molecule has 2 N–H and O–H groups in total. The molecule has 0 spiro atoms. The van der Waals surface area contributed by atoms with Crippen LogP contribution in [0.3, 0.4) is 0 Å². The zero-order valence-electron chi connectivity index (χ0n) is 5.16. The molecule has 0 saturated heterocycles. The largest absolute Gasteiger partial charge is 0.460 e. The lowest BCUT2D eigenvalue weighted by molar-refractivity contribution is 0.187. The molecule has 0 aromatic rings. The lowest BCUT2D eigenvalue weighted by Gasteiger charge is -1.98. The second kappa shape index (κ2) is 2.28. The maximum absolute atomic E-state index is 8.37. The van der Waals surface area contributed by atoms with E-state index in [1.807, 2.05) is 12.1 Å². The van der Waals surface area contributed by atoms with Gasteiger partial charge >= 0.3 is 0 Å². The lowest BCUT2D eigenvalue weighted by Crippen LogP contribution is -2.05. The third-order valence-electron chi connectivity index (χ3n) is 1.24. The first-order chi connectivity index (χ1) is 4.77. The second-order valence-corrected chi connectivity index (χ2v) is 1.89. The van der Waals surface area contributed by atoms with Crippen LogP contribution >= 0.6 is 0 Å². The van der Waals surface area contributed by atoms with E-state index in [4.69, 9.17) is 21.0 Å². The van der Waals surface area contributed by atoms with E-state index in [1.54, 1.807) is 0 Å². The molecule has 1 heterocycles. The van der Waals surface area contributed by atoms with E-state index in [9.17, 15) is 0 Å². The van der Waals surface area contributed by atoms with Crippen molar-refractivity contribution in [1.29, 1.82) is 10.5 Å². The first kappa shape index (κ1) is 6.44. The van der Waals surface area contributed by atoms with Gasteiger partial charge in [-0.3, -0.25) is 0 Å². The fraction of sp³-hybridized carbons (Fsp3) is 0.333. The van der Waals surface area contributed by atoms with Gasteiger partial charge in [-0.15, -0.1) is 0 Å². The highest BCUT2D eigenvalue weighted by atomic mass is 16.5. The van der Waals surface area contributed by atoms with E-state index in [0.29, 0.717) is 12.0 Å². The molecule has 0 saturated carbocycles. The maximum atomic E-state index is 8.37. The minimum Gasteiger partial charge on any atom is -0.460 e. The fourth-order valence-electron chi connectivity index (χ4n) is 0.725. The van der Waals surface area contributed by atoms with Crippen molar-refractivity contribution in [2.45, 2.75) is 12.5 Å². The molecule has 10 heavy (non-hydrogen) atoms. The average molecular weight is 135 g/mol. The third-order valence-corrected chi connectivity index (χ3v) is 1.24. The van der Waals surface area contributed by atoms with Gasteiger partial charge in [-0.05, 0) is 0 Å². The van der Waals surface area contributed by atoms with Gasteiger partial charge in [0.2, 0.25) is 0 Å². The van der Waals surface area contributed by atoms with Crippen molar-refractivity contribution in [2.75, 3.05) is 0 Å². The molecule has 0 fully saturated rings. The second-order valence-electron chi connectivity index (χ2n) is 1.89. The molecule has 1 unspecified atom stereocenters. The van der Waals surface area contributed by atoms with Crippen molar-refractivity contribution in [3.05, 3.63) is 11.5 Å². The Balaban J connectivity index is 2.73. The molecule has 4 nitrogen and oxygen atoms in total. The quantitative estimate of drug-likeness (QED) is 0.506. The SMILES string of the molecule is N#CC1=C(N)OC(C#N)C1. The van der Waals surface area contributed by atoms with Gasteiger partial charge in [0.15, 0.2) is 12.0 Å². The summed E-state index contributed by atoms with van der Waals surface area (Å²) in [6.07, 6.45) is -0.242. The molecule has 0 radical (unpaired) electrons. The van der Waals surface area contributed by atoms with Crippen molar-refractivity contribution in [3.8, 4) is 12.1 Å². The van der Waals surface area contributed by atoms with E-state index < -0.39 is 6.10 Å². The number of hydrogen-bond donors (Lipinski definition) is 1. The summed E-state index contributed by atoms with van der Waals surface area (Å²) in [6, 6.07) is 3.72. The highest BCUT2D eigenvalue weighted by Crippen LogP contribution is 2.19. The van der Waals surface area contributed by atoms with Crippen LogP contribution in [0.2, 0.25) is 0 Å². The highest BCUT2D eigenvalue weighted by Gasteiger charge is 2.22. The van der Waals surface area contributed by atoms with Crippen molar-refractivity contribution >= 4 is 0 Å². The van der Waals surface area contributed by atoms with Crippen molar-refractivity contribution in [1.82, 2.24) is 0 Å². The predicted octanol–water partition coefficient (Wildman–Crippen LogP) is -0.00724. The van der Waals surface area contributed by atoms with Gasteiger partial charge in [-0.2, -0.15) is 10.5 Å². The standard InChI is InChI=1S/C6H5N3O/c7-2-4-1-5(3-8)10-6(4)9/h5H,1,9H2. The molecule has 0 amide bonds. The fourth-order valence-corrected chi connectivity index (χ4v) is 0.725. The monoisotopic (exact) mass is 135 g/mol. The van der Waals surface area contributed by atoms with Gasteiger partial charge in [0.1, 0.15) is 12.1 Å². The lowest BCUT2D eigenvalue weighted by atomic mass is 10.2. The zero-order chi connectivity index (χ0) is 7.56. The molecule has 0 aromatic heterocycles. The number of hydrogen-bond acceptors (Lipinski definition) is 4. The van der Waals surface area contributed by atoms with Crippen molar-refractivity contribution < 1.29 is 4.74 Å². The van der Waals surface area contributed by atoms with Crippen LogP contribution in [0.1, 0.15) is 6.42 Å². The van der Waals surface area contributed by atoms with Gasteiger partial charge in [0, 0.05) is 6.42 Å². The molecular weight excluding hydrogens is 130 g/mol. The minimum atomic E-state index is -0.561. The highest BCUT2D eigenvalue weighted by molar-refractivity contribution is 5.28. The van der Waals surface area contributed by atoms with E-state index in [1.165, 1.54) is 0 Å². The number of nitriles is 2. The molecule has 1 rings (SSSR count). The summed E-state index contributed by atoms with van der Waals surface area (Å²) in [7, 11) is 0. The normalized spacial score (nSPS) is 23.2. The van der Waals surface area contributed by atoms with Crippen LogP contribution in [0.4, 0.5) is 0 Å². The smallest absolute Gasteiger partial charge is 0.199 e. The summed E-state index contributed by atoms with van der Waals surface area (Å²) in [5.41, 5.74) is 5.61. The third kappa shape index (κ3) is 0.872. The van der Waals surface area contributed by atoms with E-state index >= 15 is 0 Å². The van der Waals surface area contributed by atoms with Crippen LogP contribution in [-0.4, -0.2) is 6.10 Å². The summed E-state index contributed by atoms with van der Waals surface area (Å²) in [5.74, 6) is 0.0917. The Morgan fingerprint density at radius 1 is 1.60 bits per heavy atom. The van der Waals surface area contributed by atoms with Gasteiger partial charge in [0.05, 0.1) is 5.57 Å². The topological polar surface area (TPSA) is 82.8 Å². The number of nitrogens with zero attached hydrogens (tertiary/aromatic N) is 2. The Hall–Kier alpha value is -1.68. The first-order valence-corrected chi connectivity index (χ1v) is 2.73. The van der Waals surface area contributed by atoms with Crippen molar-refractivity contribution in [3.63, 3.8) is 0 Å². The zero-order valence-corrected chi connectivity index (χ0v) is 5.16. The Bertz CT molecular complexity index is 255. The molecule has 1 aliphatic heterocycles. The molecule has 0 aliphatic carbocycles. The molecule has 4 heteroatoms. The van der Waals surface area contributed by atoms with Crippen LogP contribution < -0.4 is 5.73 Å². The van der Waals surface area contributed by atoms with Crippen LogP contribution in [0.25, 0.3) is 0 Å². The molecule has 1 atom stereocenters. The summed E-state index contributed by atoms with van der Waals surface area (Å²) in [4.78, 5) is 0. The molecule has 0 bridgehead atoms. The van der Waals surface area contributed by atoms with Gasteiger partial charge in [-0.25, -0.2) is 0 Å². The van der Waals surface area contributed by atoms with Crippen molar-refractivity contribution in [2.24, 2.45) is 5.73 Å². The number of nitrogens with two attached hydrogens (primary N) is 1. The number of rotatable bonds is 0. The molecule has 0 aromatic carbocycles. The molecular formula is C6H5N3O. The van der Waals surface area contributed by atoms with Crippen LogP contribution in [-0.2, 0) is 4.74 Å². The van der Waals surface area contributed by atoms with Crippen LogP contribution in [0, 0.1) is 22.7 Å². The van der Waals surface area contributed by atoms with Gasteiger partial charge < -0.3 is 10.5 Å². The van der Waals surface area contributed by atoms with E-state index in [0.717, 1.165) is 0 Å². The van der Waals surface area contributed by atoms with Gasteiger partial charge in [0.25, 0.3) is 0 Å². The summed E-state index contributed by atoms with van der Waals surface area (Å²) in [5, 5.41) is 16.7. The number of ether oxygens (including phenoxy) is 1. The average Bonchev–Trinajstić information content (AvgIpc) is 2.30. The summed E-state index contributed by atoms with van der Waals surface area (Å²) < 4.78 is 4.79. The Labute approximate surface area is 58.1 Å². The Morgan fingerprint density at radius 3 is 2.60 bits per heavy atom. The maximum Gasteiger partial charge on any atom is 0.199 e. The van der Waals surface area contributed by atoms with Crippen LogP contribution in [0.15, 0.2) is 11.5 Å². The summed E-state index contributed by atoms with van der Waals surface area (Å²) >= 11 is 0. The predicted molar refractivity (Wildman–Crippen MR) is 31.9 cm³/mol. The van der Waals surface area contributed by atoms with Crippen LogP contribution in [0.5, 0.6) is 0 Å². The Kier molecular flexibility index (Phi) is 1.47. The van der Waals surface area contributed by atoms with Gasteiger partial charge in [-0.1, -0.05) is 0 Å². The van der Waals surface area contributed by atoms with E-state index in [-0.39, 0.29) is 5.88 Å².